The molecule has 0 aliphatic heterocycles. The molecule has 4 rings (SSSR count). The summed E-state index contributed by atoms with van der Waals surface area (Å²) in [4.78, 5) is 46.5. The number of non-ortho nitro benzene ring substituents is 2. The minimum atomic E-state index is -0.764. The molecule has 0 aromatic heterocycles. The first-order valence-corrected chi connectivity index (χ1v) is 15.3. The summed E-state index contributed by atoms with van der Waals surface area (Å²) in [6.45, 7) is 3.94. The van der Waals surface area contributed by atoms with Crippen LogP contribution in [0.5, 0.6) is 11.5 Å². The highest BCUT2D eigenvalue weighted by Gasteiger charge is 2.29. The van der Waals surface area contributed by atoms with Crippen LogP contribution in [0.25, 0.3) is 0 Å². The van der Waals surface area contributed by atoms with Gasteiger partial charge in [0.1, 0.15) is 0 Å². The molecule has 0 aliphatic rings. The summed E-state index contributed by atoms with van der Waals surface area (Å²) >= 11 is 13.9. The molecule has 4 aromatic rings. The van der Waals surface area contributed by atoms with E-state index in [1.165, 1.54) is 36.4 Å². The number of nitro groups is 2. The monoisotopic (exact) mass is 838 g/mol. The van der Waals surface area contributed by atoms with E-state index in [0.29, 0.717) is 17.9 Å². The second kappa shape index (κ2) is 13.0. The number of hydrogen-bond donors (Lipinski definition) is 0. The van der Waals surface area contributed by atoms with Crippen LogP contribution < -0.4 is 9.47 Å². The third-order valence-corrected chi connectivity index (χ3v) is 8.77. The molecule has 14 heteroatoms. The Balaban J connectivity index is 1.59. The predicted molar refractivity (Wildman–Crippen MR) is 172 cm³/mol. The Kier molecular flexibility index (Phi) is 9.84. The predicted octanol–water partition coefficient (Wildman–Crippen LogP) is 9.32. The number of halogens is 4. The molecule has 0 saturated heterocycles. The zero-order chi connectivity index (χ0) is 31.6. The average Bonchev–Trinajstić information content (AvgIpc) is 2.96. The molecule has 0 bridgehead atoms. The highest BCUT2D eigenvalue weighted by Crippen LogP contribution is 2.44. The van der Waals surface area contributed by atoms with Crippen LogP contribution in [0.4, 0.5) is 11.4 Å². The van der Waals surface area contributed by atoms with E-state index >= 15 is 0 Å². The van der Waals surface area contributed by atoms with Gasteiger partial charge in [0.05, 0.1) is 38.9 Å². The van der Waals surface area contributed by atoms with Gasteiger partial charge in [0, 0.05) is 29.7 Å². The molecule has 0 aliphatic carbocycles. The molecular formula is C29H18Br4N2O8. The van der Waals surface area contributed by atoms with E-state index in [9.17, 15) is 29.8 Å². The number of rotatable bonds is 8. The lowest BCUT2D eigenvalue weighted by atomic mass is 9.78. The summed E-state index contributed by atoms with van der Waals surface area (Å²) in [6.07, 6.45) is 0. The van der Waals surface area contributed by atoms with Gasteiger partial charge in [-0.15, -0.1) is 0 Å². The van der Waals surface area contributed by atoms with Crippen molar-refractivity contribution < 1.29 is 28.9 Å². The number of ether oxygens (including phenoxy) is 2. The maximum absolute atomic E-state index is 12.8. The Morgan fingerprint density at radius 1 is 0.628 bits per heavy atom. The van der Waals surface area contributed by atoms with Gasteiger partial charge >= 0.3 is 11.9 Å². The maximum Gasteiger partial charge on any atom is 0.343 e. The van der Waals surface area contributed by atoms with E-state index in [2.05, 4.69) is 63.7 Å². The van der Waals surface area contributed by atoms with Crippen LogP contribution in [0.15, 0.2) is 90.7 Å². The van der Waals surface area contributed by atoms with Crippen LogP contribution in [0.3, 0.4) is 0 Å². The van der Waals surface area contributed by atoms with Gasteiger partial charge in [-0.3, -0.25) is 20.2 Å². The van der Waals surface area contributed by atoms with Crippen LogP contribution in [0.2, 0.25) is 0 Å². The summed E-state index contributed by atoms with van der Waals surface area (Å²) in [7, 11) is 0. The SMILES string of the molecule is CC(C)(c1cc(Br)c(OC(=O)c2cccc([N+](=O)[O-])c2)c(Br)c1)c1cc(Br)c(OC(=O)c2cccc([N+](=O)[O-])c2)c(Br)c1. The first-order valence-electron chi connectivity index (χ1n) is 12.1. The molecule has 0 heterocycles. The highest BCUT2D eigenvalue weighted by molar-refractivity contribution is 9.11. The summed E-state index contributed by atoms with van der Waals surface area (Å²) < 4.78 is 13.0. The van der Waals surface area contributed by atoms with Crippen molar-refractivity contribution in [3.63, 3.8) is 0 Å². The van der Waals surface area contributed by atoms with E-state index in [4.69, 9.17) is 9.47 Å². The van der Waals surface area contributed by atoms with Gasteiger partial charge in [0.25, 0.3) is 11.4 Å². The molecule has 220 valence electrons. The Bertz CT molecular complexity index is 1630. The van der Waals surface area contributed by atoms with Crippen LogP contribution >= 0.6 is 63.7 Å². The zero-order valence-corrected chi connectivity index (χ0v) is 28.4. The van der Waals surface area contributed by atoms with Gasteiger partial charge in [0.15, 0.2) is 11.5 Å². The first-order chi connectivity index (χ1) is 20.2. The molecule has 0 amide bonds. The summed E-state index contributed by atoms with van der Waals surface area (Å²) in [5, 5.41) is 22.2. The normalized spacial score (nSPS) is 11.1. The van der Waals surface area contributed by atoms with Crippen molar-refractivity contribution >= 4 is 87.0 Å². The third-order valence-electron chi connectivity index (χ3n) is 6.41. The largest absolute Gasteiger partial charge is 0.421 e. The van der Waals surface area contributed by atoms with E-state index in [1.807, 2.05) is 13.8 Å². The van der Waals surface area contributed by atoms with Crippen LogP contribution in [-0.4, -0.2) is 21.8 Å². The first kappa shape index (κ1) is 32.5. The van der Waals surface area contributed by atoms with Crippen molar-refractivity contribution in [3.8, 4) is 11.5 Å². The second-order valence-electron chi connectivity index (χ2n) is 9.56. The Morgan fingerprint density at radius 2 is 0.953 bits per heavy atom. The number of nitro benzene ring substituents is 2. The quantitative estimate of drug-likeness (QED) is 0.0741. The number of carbonyl (C=O) groups is 2. The number of hydrogen-bond acceptors (Lipinski definition) is 8. The fourth-order valence-corrected chi connectivity index (χ4v) is 6.70. The lowest BCUT2D eigenvalue weighted by Crippen LogP contribution is -2.20. The molecule has 0 spiro atoms. The van der Waals surface area contributed by atoms with Crippen molar-refractivity contribution in [2.75, 3.05) is 0 Å². The lowest BCUT2D eigenvalue weighted by molar-refractivity contribution is -0.385. The average molecular weight is 842 g/mol. The van der Waals surface area contributed by atoms with Crippen molar-refractivity contribution in [2.45, 2.75) is 19.3 Å². The standard InChI is InChI=1S/C29H18Br4N2O8/c1-29(2,17-11-21(30)25(22(31)12-17)42-27(36)15-5-3-7-19(9-15)34(38)39)18-13-23(32)26(24(33)14-18)43-28(37)16-6-4-8-20(10-16)35(40)41/h3-14H,1-2H3. The molecule has 0 fully saturated rings. The molecule has 43 heavy (non-hydrogen) atoms. The van der Waals surface area contributed by atoms with Gasteiger partial charge in [-0.25, -0.2) is 9.59 Å². The Labute approximate surface area is 278 Å². The fourth-order valence-electron chi connectivity index (χ4n) is 4.00. The van der Waals surface area contributed by atoms with E-state index < -0.39 is 27.2 Å². The van der Waals surface area contributed by atoms with Crippen molar-refractivity contribution in [2.24, 2.45) is 0 Å². The lowest BCUT2D eigenvalue weighted by Gasteiger charge is -2.28. The Hall–Kier alpha value is -3.46. The molecule has 0 atom stereocenters. The van der Waals surface area contributed by atoms with Gasteiger partial charge < -0.3 is 9.47 Å². The van der Waals surface area contributed by atoms with Crippen LogP contribution in [0, 0.1) is 20.2 Å². The smallest absolute Gasteiger partial charge is 0.343 e. The number of benzene rings is 4. The van der Waals surface area contributed by atoms with Crippen LogP contribution in [0.1, 0.15) is 45.7 Å². The maximum atomic E-state index is 12.8. The number of nitrogens with zero attached hydrogens (tertiary/aromatic N) is 2. The molecule has 0 N–H and O–H groups in total. The summed E-state index contributed by atoms with van der Waals surface area (Å²) in [5.74, 6) is -1.14. The highest BCUT2D eigenvalue weighted by atomic mass is 79.9. The van der Waals surface area contributed by atoms with E-state index in [-0.39, 0.29) is 34.0 Å². The van der Waals surface area contributed by atoms with Gasteiger partial charge in [-0.2, -0.15) is 0 Å². The number of esters is 2. The van der Waals surface area contributed by atoms with Crippen molar-refractivity contribution in [3.05, 3.63) is 133 Å². The van der Waals surface area contributed by atoms with Crippen molar-refractivity contribution in [1.29, 1.82) is 0 Å². The molecule has 4 aromatic carbocycles. The minimum Gasteiger partial charge on any atom is -0.421 e. The van der Waals surface area contributed by atoms with Crippen LogP contribution in [-0.2, 0) is 5.41 Å². The molecule has 0 saturated carbocycles. The Morgan fingerprint density at radius 3 is 1.26 bits per heavy atom. The third kappa shape index (κ3) is 7.20. The van der Waals surface area contributed by atoms with Crippen molar-refractivity contribution in [1.82, 2.24) is 0 Å². The molecular weight excluding hydrogens is 824 g/mol. The van der Waals surface area contributed by atoms with Gasteiger partial charge in [-0.1, -0.05) is 26.0 Å². The van der Waals surface area contributed by atoms with Gasteiger partial charge in [-0.05, 0) is 111 Å². The van der Waals surface area contributed by atoms with E-state index in [0.717, 1.165) is 23.3 Å². The molecule has 0 radical (unpaired) electrons. The zero-order valence-electron chi connectivity index (χ0n) is 22.1. The fraction of sp³-hybridized carbons (Fsp3) is 0.103. The van der Waals surface area contributed by atoms with E-state index in [1.54, 1.807) is 24.3 Å². The topological polar surface area (TPSA) is 139 Å². The molecule has 10 nitrogen and oxygen atoms in total. The number of carbonyl (C=O) groups excluding carboxylic acids is 2. The molecule has 0 unspecified atom stereocenters. The van der Waals surface area contributed by atoms with Gasteiger partial charge in [0.2, 0.25) is 0 Å². The summed E-state index contributed by atoms with van der Waals surface area (Å²) in [5.41, 5.74) is 0.611. The summed E-state index contributed by atoms with van der Waals surface area (Å²) in [6, 6.07) is 17.7. The second-order valence-corrected chi connectivity index (χ2v) is 13.0. The minimum absolute atomic E-state index is 0.0263.